The Bertz CT molecular complexity index is 813. The molecule has 118 valence electrons. The van der Waals surface area contributed by atoms with Crippen LogP contribution in [0, 0.1) is 5.92 Å². The molecule has 1 aliphatic carbocycles. The first-order valence-corrected chi connectivity index (χ1v) is 9.02. The van der Waals surface area contributed by atoms with E-state index < -0.39 is 0 Å². The van der Waals surface area contributed by atoms with Crippen LogP contribution in [-0.2, 0) is 19.3 Å². The Kier molecular flexibility index (Phi) is 3.95. The number of thiophene rings is 1. The number of aromatic nitrogens is 3. The number of aryl methyl sites for hydroxylation is 1. The smallest absolute Gasteiger partial charge is 0.138 e. The highest BCUT2D eigenvalue weighted by atomic mass is 32.1. The number of nitrogens with zero attached hydrogens (tertiary/aromatic N) is 3. The van der Waals surface area contributed by atoms with Crippen molar-refractivity contribution in [1.29, 1.82) is 0 Å². The molecule has 3 heterocycles. The fourth-order valence-electron chi connectivity index (χ4n) is 3.26. The summed E-state index contributed by atoms with van der Waals surface area (Å²) in [4.78, 5) is 16.0. The Morgan fingerprint density at radius 1 is 1.26 bits per heavy atom. The van der Waals surface area contributed by atoms with Gasteiger partial charge >= 0.3 is 0 Å². The lowest BCUT2D eigenvalue weighted by Crippen LogP contribution is -2.10. The van der Waals surface area contributed by atoms with E-state index in [0.29, 0.717) is 0 Å². The lowest BCUT2D eigenvalue weighted by molar-refractivity contribution is 0.509. The van der Waals surface area contributed by atoms with Crippen molar-refractivity contribution in [2.75, 3.05) is 11.9 Å². The lowest BCUT2D eigenvalue weighted by Gasteiger charge is -2.18. The van der Waals surface area contributed by atoms with Gasteiger partial charge in [-0.05, 0) is 42.9 Å². The van der Waals surface area contributed by atoms with Crippen LogP contribution in [0.15, 0.2) is 30.7 Å². The topological polar surface area (TPSA) is 50.7 Å². The quantitative estimate of drug-likeness (QED) is 0.791. The Morgan fingerprint density at radius 3 is 3.09 bits per heavy atom. The van der Waals surface area contributed by atoms with E-state index in [1.54, 1.807) is 6.33 Å². The summed E-state index contributed by atoms with van der Waals surface area (Å²) in [5.74, 6) is 1.77. The average Bonchev–Trinajstić information content (AvgIpc) is 2.94. The Balaban J connectivity index is 1.57. The van der Waals surface area contributed by atoms with Gasteiger partial charge in [0.25, 0.3) is 0 Å². The molecule has 0 radical (unpaired) electrons. The van der Waals surface area contributed by atoms with E-state index in [1.807, 2.05) is 29.7 Å². The van der Waals surface area contributed by atoms with Crippen LogP contribution in [-0.4, -0.2) is 21.5 Å². The second kappa shape index (κ2) is 6.24. The summed E-state index contributed by atoms with van der Waals surface area (Å²) in [6, 6.07) is 6.04. The molecule has 4 nitrogen and oxygen atoms in total. The van der Waals surface area contributed by atoms with E-state index in [4.69, 9.17) is 0 Å². The molecule has 3 aromatic heterocycles. The van der Waals surface area contributed by atoms with Crippen molar-refractivity contribution in [2.24, 2.45) is 5.92 Å². The minimum Gasteiger partial charge on any atom is -0.369 e. The Labute approximate surface area is 140 Å². The van der Waals surface area contributed by atoms with E-state index in [1.165, 1.54) is 28.7 Å². The summed E-state index contributed by atoms with van der Waals surface area (Å²) in [6.45, 7) is 3.18. The molecule has 0 saturated heterocycles. The highest BCUT2D eigenvalue weighted by Gasteiger charge is 2.22. The Hall–Kier alpha value is -2.01. The standard InChI is InChI=1S/C18H20N4S/c1-12-5-6-14-15(10-12)23-18-16(14)17(21-11-22-18)20-9-7-13-4-2-3-8-19-13/h2-4,8,11-12H,5-7,9-10H2,1H3,(H,20,21,22). The zero-order valence-electron chi connectivity index (χ0n) is 13.2. The molecule has 5 heteroatoms. The molecular weight excluding hydrogens is 304 g/mol. The molecule has 4 rings (SSSR count). The summed E-state index contributed by atoms with van der Waals surface area (Å²) >= 11 is 1.84. The molecule has 23 heavy (non-hydrogen) atoms. The van der Waals surface area contributed by atoms with E-state index in [9.17, 15) is 0 Å². The molecule has 1 unspecified atom stereocenters. The first kappa shape index (κ1) is 14.6. The van der Waals surface area contributed by atoms with Gasteiger partial charge in [0.1, 0.15) is 17.0 Å². The maximum atomic E-state index is 4.50. The summed E-state index contributed by atoms with van der Waals surface area (Å²) in [7, 11) is 0. The van der Waals surface area contributed by atoms with Crippen molar-refractivity contribution in [3.8, 4) is 0 Å². The fraction of sp³-hybridized carbons (Fsp3) is 0.389. The van der Waals surface area contributed by atoms with Crippen LogP contribution in [0.4, 0.5) is 5.82 Å². The normalized spacial score (nSPS) is 17.2. The lowest BCUT2D eigenvalue weighted by atomic mass is 9.89. The number of fused-ring (bicyclic) bond motifs is 3. The number of anilines is 1. The molecular formula is C18H20N4S. The van der Waals surface area contributed by atoms with Crippen LogP contribution >= 0.6 is 11.3 Å². The summed E-state index contributed by atoms with van der Waals surface area (Å²) in [5.41, 5.74) is 2.58. The maximum absolute atomic E-state index is 4.50. The molecule has 1 atom stereocenters. The molecule has 0 aliphatic heterocycles. The number of hydrogen-bond donors (Lipinski definition) is 1. The molecule has 0 amide bonds. The minimum absolute atomic E-state index is 0.782. The van der Waals surface area contributed by atoms with Crippen LogP contribution in [0.25, 0.3) is 10.2 Å². The van der Waals surface area contributed by atoms with Gasteiger partial charge in [0.2, 0.25) is 0 Å². The van der Waals surface area contributed by atoms with Crippen LogP contribution in [0.2, 0.25) is 0 Å². The zero-order valence-corrected chi connectivity index (χ0v) is 14.1. The van der Waals surface area contributed by atoms with Gasteiger partial charge in [-0.25, -0.2) is 9.97 Å². The SMILES string of the molecule is CC1CCc2c(sc3ncnc(NCCc4ccccn4)c23)C1. The Morgan fingerprint density at radius 2 is 2.22 bits per heavy atom. The van der Waals surface area contributed by atoms with E-state index in [-0.39, 0.29) is 0 Å². The van der Waals surface area contributed by atoms with Gasteiger partial charge in [-0.3, -0.25) is 4.98 Å². The molecule has 0 aromatic carbocycles. The monoisotopic (exact) mass is 324 g/mol. The molecule has 0 saturated carbocycles. The highest BCUT2D eigenvalue weighted by molar-refractivity contribution is 7.19. The molecule has 0 spiro atoms. The number of rotatable bonds is 4. The van der Waals surface area contributed by atoms with Crippen molar-refractivity contribution in [2.45, 2.75) is 32.6 Å². The van der Waals surface area contributed by atoms with Crippen LogP contribution < -0.4 is 5.32 Å². The van der Waals surface area contributed by atoms with E-state index in [0.717, 1.165) is 41.6 Å². The second-order valence-corrected chi connectivity index (χ2v) is 7.34. The van der Waals surface area contributed by atoms with Crippen LogP contribution in [0.1, 0.15) is 29.5 Å². The van der Waals surface area contributed by atoms with Gasteiger partial charge in [0, 0.05) is 29.7 Å². The van der Waals surface area contributed by atoms with Crippen LogP contribution in [0.5, 0.6) is 0 Å². The summed E-state index contributed by atoms with van der Waals surface area (Å²) in [6.07, 6.45) is 8.02. The predicted octanol–water partition coefficient (Wildman–Crippen LogP) is 3.87. The van der Waals surface area contributed by atoms with Crippen LogP contribution in [0.3, 0.4) is 0 Å². The van der Waals surface area contributed by atoms with Crippen molar-refractivity contribution in [3.63, 3.8) is 0 Å². The van der Waals surface area contributed by atoms with Crippen molar-refractivity contribution in [3.05, 3.63) is 46.9 Å². The fourth-order valence-corrected chi connectivity index (χ4v) is 4.61. The number of nitrogens with one attached hydrogen (secondary N) is 1. The van der Waals surface area contributed by atoms with Crippen molar-refractivity contribution >= 4 is 27.4 Å². The van der Waals surface area contributed by atoms with E-state index in [2.05, 4.69) is 33.3 Å². The highest BCUT2D eigenvalue weighted by Crippen LogP contribution is 2.39. The van der Waals surface area contributed by atoms with Gasteiger partial charge < -0.3 is 5.32 Å². The van der Waals surface area contributed by atoms with E-state index >= 15 is 0 Å². The summed E-state index contributed by atoms with van der Waals surface area (Å²) < 4.78 is 0. The minimum atomic E-state index is 0.782. The van der Waals surface area contributed by atoms with Crippen molar-refractivity contribution < 1.29 is 0 Å². The van der Waals surface area contributed by atoms with Crippen molar-refractivity contribution in [1.82, 2.24) is 15.0 Å². The largest absolute Gasteiger partial charge is 0.369 e. The third kappa shape index (κ3) is 2.93. The number of hydrogen-bond acceptors (Lipinski definition) is 5. The molecule has 0 bridgehead atoms. The van der Waals surface area contributed by atoms with Gasteiger partial charge in [-0.2, -0.15) is 0 Å². The summed E-state index contributed by atoms with van der Waals surface area (Å²) in [5, 5.41) is 4.75. The first-order chi connectivity index (χ1) is 11.3. The third-order valence-corrected chi connectivity index (χ3v) is 5.65. The molecule has 1 aliphatic rings. The second-order valence-electron chi connectivity index (χ2n) is 6.25. The van der Waals surface area contributed by atoms with Gasteiger partial charge in [0.15, 0.2) is 0 Å². The molecule has 0 fully saturated rings. The number of pyridine rings is 1. The molecule has 3 aromatic rings. The van der Waals surface area contributed by atoms with Gasteiger partial charge in [-0.1, -0.05) is 13.0 Å². The van der Waals surface area contributed by atoms with Gasteiger partial charge in [0.05, 0.1) is 5.39 Å². The third-order valence-electron chi connectivity index (χ3n) is 4.49. The molecule has 1 N–H and O–H groups in total. The zero-order chi connectivity index (χ0) is 15.6. The van der Waals surface area contributed by atoms with Gasteiger partial charge in [-0.15, -0.1) is 11.3 Å². The average molecular weight is 324 g/mol. The predicted molar refractivity (Wildman–Crippen MR) is 95.0 cm³/mol. The first-order valence-electron chi connectivity index (χ1n) is 8.20. The maximum Gasteiger partial charge on any atom is 0.138 e.